The zero-order valence-corrected chi connectivity index (χ0v) is 18.4. The van der Waals surface area contributed by atoms with Gasteiger partial charge in [-0.2, -0.15) is 0 Å². The van der Waals surface area contributed by atoms with E-state index in [1.807, 2.05) is 19.1 Å². The molecule has 0 unspecified atom stereocenters. The number of nitrogens with one attached hydrogen (secondary N) is 2. The van der Waals surface area contributed by atoms with Gasteiger partial charge in [-0.05, 0) is 60.5 Å². The molecule has 0 bridgehead atoms. The van der Waals surface area contributed by atoms with E-state index >= 15 is 0 Å². The van der Waals surface area contributed by atoms with Crippen LogP contribution in [0.25, 0.3) is 0 Å². The van der Waals surface area contributed by atoms with Gasteiger partial charge in [-0.3, -0.25) is 9.59 Å². The third-order valence-corrected chi connectivity index (χ3v) is 5.45. The van der Waals surface area contributed by atoms with Gasteiger partial charge in [0.15, 0.2) is 0 Å². The lowest BCUT2D eigenvalue weighted by Gasteiger charge is -2.08. The predicted molar refractivity (Wildman–Crippen MR) is 126 cm³/mol. The van der Waals surface area contributed by atoms with Crippen LogP contribution in [0.1, 0.15) is 32.0 Å². The van der Waals surface area contributed by atoms with Crippen LogP contribution in [0, 0.1) is 12.7 Å². The van der Waals surface area contributed by atoms with Gasteiger partial charge >= 0.3 is 0 Å². The molecule has 0 radical (unpaired) electrons. The van der Waals surface area contributed by atoms with Gasteiger partial charge in [0.1, 0.15) is 11.5 Å². The molecule has 0 saturated carbocycles. The molecule has 2 N–H and O–H groups in total. The number of anilines is 2. The summed E-state index contributed by atoms with van der Waals surface area (Å²) in [7, 11) is 0. The summed E-state index contributed by atoms with van der Waals surface area (Å²) in [5, 5.41) is 6.14. The molecule has 0 fully saturated rings. The summed E-state index contributed by atoms with van der Waals surface area (Å²) in [5.74, 6) is -1.17. The van der Waals surface area contributed by atoms with E-state index in [1.54, 1.807) is 53.5 Å². The van der Waals surface area contributed by atoms with Gasteiger partial charge in [-0.15, -0.1) is 0 Å². The SMILES string of the molecule is Cc1c(Cl)cccc1NC(=O)c1cn(Cc2ccc(NC(=O)c3cccc(F)c3)cc2)cn1. The van der Waals surface area contributed by atoms with Crippen molar-refractivity contribution < 1.29 is 14.0 Å². The summed E-state index contributed by atoms with van der Waals surface area (Å²) in [6, 6.07) is 18.1. The molecular weight excluding hydrogens is 443 g/mol. The van der Waals surface area contributed by atoms with E-state index in [2.05, 4.69) is 15.6 Å². The standard InChI is InChI=1S/C25H20ClFN4O2/c1-16-21(26)6-3-7-22(16)30-25(33)23-14-31(15-28-23)13-17-8-10-20(11-9-17)29-24(32)18-4-2-5-19(27)12-18/h2-12,14-15H,13H2,1H3,(H,29,32)(H,30,33). The predicted octanol–water partition coefficient (Wildman–Crippen LogP) is 5.54. The minimum Gasteiger partial charge on any atom is -0.332 e. The molecule has 3 aromatic carbocycles. The van der Waals surface area contributed by atoms with Crippen molar-refractivity contribution in [3.05, 3.63) is 112 Å². The number of carbonyl (C=O) groups excluding carboxylic acids is 2. The number of halogens is 2. The van der Waals surface area contributed by atoms with Crippen molar-refractivity contribution in [1.29, 1.82) is 0 Å². The Hall–Kier alpha value is -3.97. The quantitative estimate of drug-likeness (QED) is 0.395. The molecule has 0 aliphatic heterocycles. The molecule has 166 valence electrons. The molecule has 0 saturated heterocycles. The molecule has 1 aromatic heterocycles. The van der Waals surface area contributed by atoms with Crippen LogP contribution in [-0.4, -0.2) is 21.4 Å². The smallest absolute Gasteiger partial charge is 0.275 e. The van der Waals surface area contributed by atoms with Gasteiger partial charge in [-0.1, -0.05) is 35.9 Å². The Kier molecular flexibility index (Phi) is 6.51. The topological polar surface area (TPSA) is 76.0 Å². The number of carbonyl (C=O) groups is 2. The van der Waals surface area contributed by atoms with E-state index < -0.39 is 5.82 Å². The number of aromatic nitrogens is 2. The molecule has 4 aromatic rings. The van der Waals surface area contributed by atoms with Gasteiger partial charge in [0.05, 0.1) is 6.33 Å². The van der Waals surface area contributed by atoms with Crippen molar-refractivity contribution in [1.82, 2.24) is 9.55 Å². The Morgan fingerprint density at radius 3 is 2.52 bits per heavy atom. The monoisotopic (exact) mass is 462 g/mol. The van der Waals surface area contributed by atoms with E-state index in [-0.39, 0.29) is 23.1 Å². The summed E-state index contributed by atoms with van der Waals surface area (Å²) >= 11 is 6.10. The molecule has 0 aliphatic rings. The van der Waals surface area contributed by atoms with Gasteiger partial charge in [0, 0.05) is 34.7 Å². The number of rotatable bonds is 6. The van der Waals surface area contributed by atoms with Crippen LogP contribution in [0.15, 0.2) is 79.3 Å². The minimum atomic E-state index is -0.464. The summed E-state index contributed by atoms with van der Waals surface area (Å²) in [5.41, 5.74) is 3.50. The van der Waals surface area contributed by atoms with Gasteiger partial charge < -0.3 is 15.2 Å². The molecule has 0 spiro atoms. The number of benzene rings is 3. The zero-order valence-electron chi connectivity index (χ0n) is 17.7. The zero-order chi connectivity index (χ0) is 23.4. The fraction of sp³-hybridized carbons (Fsp3) is 0.0800. The number of hydrogen-bond acceptors (Lipinski definition) is 3. The average molecular weight is 463 g/mol. The van der Waals surface area contributed by atoms with Crippen LogP contribution >= 0.6 is 11.6 Å². The molecule has 6 nitrogen and oxygen atoms in total. The maximum absolute atomic E-state index is 13.3. The van der Waals surface area contributed by atoms with Gasteiger partial charge in [0.25, 0.3) is 11.8 Å². The summed E-state index contributed by atoms with van der Waals surface area (Å²) in [6.45, 7) is 2.33. The van der Waals surface area contributed by atoms with Crippen molar-refractivity contribution in [2.75, 3.05) is 10.6 Å². The van der Waals surface area contributed by atoms with Crippen LogP contribution in [0.3, 0.4) is 0 Å². The van der Waals surface area contributed by atoms with E-state index in [0.29, 0.717) is 22.9 Å². The minimum absolute atomic E-state index is 0.247. The lowest BCUT2D eigenvalue weighted by atomic mass is 10.1. The maximum atomic E-state index is 13.3. The fourth-order valence-electron chi connectivity index (χ4n) is 3.23. The first-order valence-electron chi connectivity index (χ1n) is 10.1. The first kappa shape index (κ1) is 22.2. The summed E-state index contributed by atoms with van der Waals surface area (Å²) in [6.07, 6.45) is 3.24. The van der Waals surface area contributed by atoms with Crippen LogP contribution in [0.5, 0.6) is 0 Å². The Labute approximate surface area is 195 Å². The average Bonchev–Trinajstić information content (AvgIpc) is 3.27. The lowest BCUT2D eigenvalue weighted by Crippen LogP contribution is -2.13. The fourth-order valence-corrected chi connectivity index (χ4v) is 3.40. The van der Waals surface area contributed by atoms with Crippen LogP contribution in [-0.2, 0) is 6.54 Å². The number of amides is 2. The first-order chi connectivity index (χ1) is 15.9. The van der Waals surface area contributed by atoms with Crippen molar-refractivity contribution in [2.24, 2.45) is 0 Å². The highest BCUT2D eigenvalue weighted by Crippen LogP contribution is 2.23. The number of nitrogens with zero attached hydrogens (tertiary/aromatic N) is 2. The van der Waals surface area contributed by atoms with Gasteiger partial charge in [0.2, 0.25) is 0 Å². The first-order valence-corrected chi connectivity index (χ1v) is 10.5. The Morgan fingerprint density at radius 1 is 1.00 bits per heavy atom. The Balaban J connectivity index is 1.37. The van der Waals surface area contributed by atoms with Crippen LogP contribution < -0.4 is 10.6 Å². The normalized spacial score (nSPS) is 10.6. The summed E-state index contributed by atoms with van der Waals surface area (Å²) < 4.78 is 15.1. The van der Waals surface area contributed by atoms with Crippen molar-refractivity contribution in [3.63, 3.8) is 0 Å². The highest BCUT2D eigenvalue weighted by Gasteiger charge is 2.12. The van der Waals surface area contributed by atoms with Crippen LogP contribution in [0.2, 0.25) is 5.02 Å². The molecule has 0 atom stereocenters. The van der Waals surface area contributed by atoms with Crippen molar-refractivity contribution in [3.8, 4) is 0 Å². The lowest BCUT2D eigenvalue weighted by molar-refractivity contribution is 0.101. The molecule has 4 rings (SSSR count). The van der Waals surface area contributed by atoms with E-state index in [9.17, 15) is 14.0 Å². The van der Waals surface area contributed by atoms with E-state index in [4.69, 9.17) is 11.6 Å². The molecule has 8 heteroatoms. The van der Waals surface area contributed by atoms with Crippen LogP contribution in [0.4, 0.5) is 15.8 Å². The third kappa shape index (κ3) is 5.45. The number of imidazole rings is 1. The highest BCUT2D eigenvalue weighted by molar-refractivity contribution is 6.31. The summed E-state index contributed by atoms with van der Waals surface area (Å²) in [4.78, 5) is 29.0. The Morgan fingerprint density at radius 2 is 1.76 bits per heavy atom. The maximum Gasteiger partial charge on any atom is 0.275 e. The highest BCUT2D eigenvalue weighted by atomic mass is 35.5. The third-order valence-electron chi connectivity index (χ3n) is 5.05. The molecule has 33 heavy (non-hydrogen) atoms. The molecular formula is C25H20ClFN4O2. The van der Waals surface area contributed by atoms with E-state index in [0.717, 1.165) is 11.1 Å². The van der Waals surface area contributed by atoms with Crippen molar-refractivity contribution >= 4 is 34.8 Å². The second-order valence-corrected chi connectivity index (χ2v) is 7.87. The molecule has 1 heterocycles. The second-order valence-electron chi connectivity index (χ2n) is 7.46. The largest absolute Gasteiger partial charge is 0.332 e. The molecule has 0 aliphatic carbocycles. The second kappa shape index (κ2) is 9.67. The van der Waals surface area contributed by atoms with Crippen molar-refractivity contribution in [2.45, 2.75) is 13.5 Å². The molecule has 2 amide bonds. The Bertz CT molecular complexity index is 1320. The van der Waals surface area contributed by atoms with E-state index in [1.165, 1.54) is 18.2 Å². The van der Waals surface area contributed by atoms with Gasteiger partial charge in [-0.25, -0.2) is 9.37 Å². The number of hydrogen-bond donors (Lipinski definition) is 2.